The van der Waals surface area contributed by atoms with Crippen LogP contribution >= 0.6 is 0 Å². The predicted octanol–water partition coefficient (Wildman–Crippen LogP) is 4.05. The molecule has 3 rings (SSSR count). The van der Waals surface area contributed by atoms with E-state index in [9.17, 15) is 28.0 Å². The summed E-state index contributed by atoms with van der Waals surface area (Å²) >= 11 is 0. The molecule has 0 spiro atoms. The molecule has 0 radical (unpaired) electrons. The van der Waals surface area contributed by atoms with Gasteiger partial charge < -0.3 is 10.2 Å². The van der Waals surface area contributed by atoms with Crippen LogP contribution in [0.2, 0.25) is 0 Å². The first-order valence-electron chi connectivity index (χ1n) is 9.93. The van der Waals surface area contributed by atoms with E-state index in [1.165, 1.54) is 4.90 Å². The molecule has 2 aromatic carbocycles. The fraction of sp³-hybridized carbons (Fsp3) is 0.348. The van der Waals surface area contributed by atoms with Gasteiger partial charge >= 0.3 is 6.18 Å². The average Bonchev–Trinajstić information content (AvgIpc) is 2.77. The Bertz CT molecular complexity index is 1000. The maximum absolute atomic E-state index is 12.9. The normalized spacial score (nSPS) is 14.7. The second-order valence-electron chi connectivity index (χ2n) is 7.64. The molecular weight excluding hydrogens is 407 g/mol. The summed E-state index contributed by atoms with van der Waals surface area (Å²) in [5, 5.41) is 12.1. The van der Waals surface area contributed by atoms with Gasteiger partial charge in [-0.25, -0.2) is 0 Å². The van der Waals surface area contributed by atoms with Gasteiger partial charge in [-0.05, 0) is 43.5 Å². The van der Waals surface area contributed by atoms with Crippen LogP contribution in [0.4, 0.5) is 13.2 Å². The van der Waals surface area contributed by atoms with Crippen LogP contribution in [0.25, 0.3) is 0 Å². The van der Waals surface area contributed by atoms with E-state index in [4.69, 9.17) is 0 Å². The van der Waals surface area contributed by atoms with Gasteiger partial charge in [-0.3, -0.25) is 9.59 Å². The maximum Gasteiger partial charge on any atom is 0.416 e. The second kappa shape index (κ2) is 9.21. The van der Waals surface area contributed by atoms with Crippen molar-refractivity contribution in [1.29, 1.82) is 5.26 Å². The van der Waals surface area contributed by atoms with E-state index < -0.39 is 17.6 Å². The van der Waals surface area contributed by atoms with E-state index in [-0.39, 0.29) is 23.0 Å². The average molecular weight is 429 g/mol. The molecule has 0 aromatic heterocycles. The van der Waals surface area contributed by atoms with Crippen LogP contribution in [0.1, 0.15) is 45.5 Å². The van der Waals surface area contributed by atoms with Crippen LogP contribution in [-0.4, -0.2) is 29.8 Å². The quantitative estimate of drug-likeness (QED) is 0.797. The van der Waals surface area contributed by atoms with Gasteiger partial charge in [0.25, 0.3) is 5.91 Å². The smallest absolute Gasteiger partial charge is 0.352 e. The first kappa shape index (κ1) is 22.3. The zero-order valence-electron chi connectivity index (χ0n) is 17.0. The third-order valence-corrected chi connectivity index (χ3v) is 5.44. The van der Waals surface area contributed by atoms with Crippen molar-refractivity contribution in [3.05, 3.63) is 70.3 Å². The van der Waals surface area contributed by atoms with Crippen LogP contribution in [-0.2, 0) is 17.5 Å². The molecule has 2 amide bonds. The summed E-state index contributed by atoms with van der Waals surface area (Å²) in [5.74, 6) is -0.818. The topological polar surface area (TPSA) is 73.2 Å². The summed E-state index contributed by atoms with van der Waals surface area (Å²) in [6.45, 7) is 3.01. The van der Waals surface area contributed by atoms with Crippen molar-refractivity contribution in [2.45, 2.75) is 32.5 Å². The Labute approximate surface area is 178 Å². The van der Waals surface area contributed by atoms with Crippen LogP contribution in [0.5, 0.6) is 0 Å². The lowest BCUT2D eigenvalue weighted by Gasteiger charge is -2.31. The Balaban J connectivity index is 1.58. The number of likely N-dealkylation sites (tertiary alicyclic amines) is 1. The van der Waals surface area contributed by atoms with E-state index in [1.54, 1.807) is 6.07 Å². The van der Waals surface area contributed by atoms with Crippen LogP contribution in [0.15, 0.2) is 42.5 Å². The van der Waals surface area contributed by atoms with Crippen molar-refractivity contribution in [1.82, 2.24) is 10.2 Å². The first-order chi connectivity index (χ1) is 14.7. The molecule has 0 aliphatic carbocycles. The van der Waals surface area contributed by atoms with Crippen molar-refractivity contribution in [3.63, 3.8) is 0 Å². The summed E-state index contributed by atoms with van der Waals surface area (Å²) in [6.07, 6.45) is -3.68. The van der Waals surface area contributed by atoms with Crippen molar-refractivity contribution in [3.8, 4) is 6.07 Å². The van der Waals surface area contributed by atoms with Crippen LogP contribution in [0.3, 0.4) is 0 Å². The largest absolute Gasteiger partial charge is 0.416 e. The molecule has 1 aliphatic heterocycles. The molecule has 0 saturated carbocycles. The standard InChI is InChI=1S/C23H22F3N3O2/c1-15-2-4-16(5-3-15)14-28-21(30)17-8-10-29(11-9-17)22(31)20-7-6-19(23(24,25)26)12-18(20)13-27/h2-7,12,17H,8-11,14H2,1H3,(H,28,30). The lowest BCUT2D eigenvalue weighted by atomic mass is 9.94. The zero-order chi connectivity index (χ0) is 22.6. The fourth-order valence-corrected chi connectivity index (χ4v) is 3.55. The van der Waals surface area contributed by atoms with Gasteiger partial charge in [0.1, 0.15) is 0 Å². The molecule has 31 heavy (non-hydrogen) atoms. The van der Waals surface area contributed by atoms with Crippen molar-refractivity contribution in [2.24, 2.45) is 5.92 Å². The van der Waals surface area contributed by atoms with Gasteiger partial charge in [0.05, 0.1) is 22.8 Å². The van der Waals surface area contributed by atoms with Gasteiger partial charge in [-0.1, -0.05) is 29.8 Å². The number of hydrogen-bond donors (Lipinski definition) is 1. The molecule has 1 N–H and O–H groups in total. The first-order valence-corrected chi connectivity index (χ1v) is 9.93. The molecule has 0 bridgehead atoms. The number of carbonyl (C=O) groups is 2. The van der Waals surface area contributed by atoms with Gasteiger partial charge in [0.2, 0.25) is 5.91 Å². The highest BCUT2D eigenvalue weighted by Gasteiger charge is 2.33. The number of carbonyl (C=O) groups excluding carboxylic acids is 2. The Kier molecular flexibility index (Phi) is 6.64. The Morgan fingerprint density at radius 3 is 2.35 bits per heavy atom. The second-order valence-corrected chi connectivity index (χ2v) is 7.64. The van der Waals surface area contributed by atoms with E-state index in [0.29, 0.717) is 38.5 Å². The Hall–Kier alpha value is -3.34. The third-order valence-electron chi connectivity index (χ3n) is 5.44. The number of rotatable bonds is 4. The van der Waals surface area contributed by atoms with Crippen LogP contribution < -0.4 is 5.32 Å². The molecule has 162 valence electrons. The third kappa shape index (κ3) is 5.43. The van der Waals surface area contributed by atoms with E-state index >= 15 is 0 Å². The summed E-state index contributed by atoms with van der Waals surface area (Å²) in [4.78, 5) is 26.7. The molecule has 0 unspecified atom stereocenters. The summed E-state index contributed by atoms with van der Waals surface area (Å²) < 4.78 is 38.6. The minimum atomic E-state index is -4.59. The highest BCUT2D eigenvalue weighted by Crippen LogP contribution is 2.31. The molecule has 0 atom stereocenters. The molecule has 1 heterocycles. The van der Waals surface area contributed by atoms with Crippen molar-refractivity contribution in [2.75, 3.05) is 13.1 Å². The van der Waals surface area contributed by atoms with E-state index in [0.717, 1.165) is 23.3 Å². The van der Waals surface area contributed by atoms with E-state index in [2.05, 4.69) is 5.32 Å². The Morgan fingerprint density at radius 2 is 1.77 bits per heavy atom. The summed E-state index contributed by atoms with van der Waals surface area (Å²) in [7, 11) is 0. The number of benzene rings is 2. The summed E-state index contributed by atoms with van der Waals surface area (Å²) in [6, 6.07) is 12.1. The minimum absolute atomic E-state index is 0.0576. The molecule has 1 aliphatic rings. The van der Waals surface area contributed by atoms with Crippen molar-refractivity contribution < 1.29 is 22.8 Å². The van der Waals surface area contributed by atoms with Gasteiger partial charge in [-0.2, -0.15) is 18.4 Å². The number of halogens is 3. The zero-order valence-corrected chi connectivity index (χ0v) is 17.0. The molecule has 1 saturated heterocycles. The number of hydrogen-bond acceptors (Lipinski definition) is 3. The highest BCUT2D eigenvalue weighted by atomic mass is 19.4. The number of aryl methyl sites for hydroxylation is 1. The minimum Gasteiger partial charge on any atom is -0.352 e. The highest BCUT2D eigenvalue weighted by molar-refractivity contribution is 5.97. The monoisotopic (exact) mass is 429 g/mol. The SMILES string of the molecule is Cc1ccc(CNC(=O)C2CCN(C(=O)c3ccc(C(F)(F)F)cc3C#N)CC2)cc1. The molecule has 2 aromatic rings. The molecule has 5 nitrogen and oxygen atoms in total. The number of nitriles is 1. The number of nitrogens with zero attached hydrogens (tertiary/aromatic N) is 2. The molecule has 8 heteroatoms. The molecule has 1 fully saturated rings. The number of nitrogens with one attached hydrogen (secondary N) is 1. The van der Waals surface area contributed by atoms with Crippen molar-refractivity contribution >= 4 is 11.8 Å². The lowest BCUT2D eigenvalue weighted by molar-refractivity contribution is -0.137. The molecular formula is C23H22F3N3O2. The fourth-order valence-electron chi connectivity index (χ4n) is 3.55. The Morgan fingerprint density at radius 1 is 1.13 bits per heavy atom. The van der Waals surface area contributed by atoms with Gasteiger partial charge in [0.15, 0.2) is 0 Å². The van der Waals surface area contributed by atoms with Gasteiger partial charge in [-0.15, -0.1) is 0 Å². The maximum atomic E-state index is 12.9. The summed E-state index contributed by atoms with van der Waals surface area (Å²) in [5.41, 5.74) is 0.803. The number of piperidine rings is 1. The number of amides is 2. The van der Waals surface area contributed by atoms with Crippen LogP contribution in [0, 0.1) is 24.2 Å². The predicted molar refractivity (Wildman–Crippen MR) is 108 cm³/mol. The lowest BCUT2D eigenvalue weighted by Crippen LogP contribution is -2.43. The van der Waals surface area contributed by atoms with Gasteiger partial charge in [0, 0.05) is 25.6 Å². The van der Waals surface area contributed by atoms with E-state index in [1.807, 2.05) is 31.2 Å². The number of alkyl halides is 3.